The van der Waals surface area contributed by atoms with Crippen LogP contribution in [0.5, 0.6) is 5.75 Å². The summed E-state index contributed by atoms with van der Waals surface area (Å²) in [5.41, 5.74) is 6.76. The van der Waals surface area contributed by atoms with Crippen molar-refractivity contribution in [2.24, 2.45) is 5.73 Å². The van der Waals surface area contributed by atoms with Crippen LogP contribution in [0.1, 0.15) is 17.2 Å². The Labute approximate surface area is 123 Å². The molecule has 0 spiro atoms. The first-order valence-electron chi connectivity index (χ1n) is 6.37. The summed E-state index contributed by atoms with van der Waals surface area (Å²) in [5, 5.41) is 7.70. The monoisotopic (exact) mass is 286 g/mol. The normalized spacial score (nSPS) is 11.8. The van der Waals surface area contributed by atoms with Crippen LogP contribution in [0.2, 0.25) is 0 Å². The number of thioether (sulfide) groups is 1. The summed E-state index contributed by atoms with van der Waals surface area (Å²) < 4.78 is 5.24. The molecule has 20 heavy (non-hydrogen) atoms. The minimum absolute atomic E-state index is 0.140. The maximum absolute atomic E-state index is 7.56. The molecule has 0 heterocycles. The van der Waals surface area contributed by atoms with Crippen molar-refractivity contribution in [3.8, 4) is 5.75 Å². The highest BCUT2D eigenvalue weighted by Crippen LogP contribution is 2.38. The fourth-order valence-electron chi connectivity index (χ4n) is 1.93. The van der Waals surface area contributed by atoms with Crippen LogP contribution >= 0.6 is 11.8 Å². The zero-order valence-electron chi connectivity index (χ0n) is 11.4. The van der Waals surface area contributed by atoms with Crippen molar-refractivity contribution in [2.75, 3.05) is 7.11 Å². The van der Waals surface area contributed by atoms with E-state index in [0.29, 0.717) is 6.42 Å². The first kappa shape index (κ1) is 14.5. The summed E-state index contributed by atoms with van der Waals surface area (Å²) in [7, 11) is 1.66. The lowest BCUT2D eigenvalue weighted by molar-refractivity contribution is 0.413. The lowest BCUT2D eigenvalue weighted by atomic mass is 10.1. The van der Waals surface area contributed by atoms with Gasteiger partial charge in [0, 0.05) is 16.6 Å². The molecule has 0 amide bonds. The lowest BCUT2D eigenvalue weighted by Gasteiger charge is -2.16. The van der Waals surface area contributed by atoms with Gasteiger partial charge in [-0.05, 0) is 23.8 Å². The first-order valence-corrected chi connectivity index (χ1v) is 7.25. The predicted molar refractivity (Wildman–Crippen MR) is 84.6 cm³/mol. The third-order valence-corrected chi connectivity index (χ3v) is 4.15. The fourth-order valence-corrected chi connectivity index (χ4v) is 3.16. The van der Waals surface area contributed by atoms with E-state index in [2.05, 4.69) is 12.1 Å². The molecule has 2 aromatic rings. The van der Waals surface area contributed by atoms with E-state index in [-0.39, 0.29) is 11.1 Å². The third kappa shape index (κ3) is 4.03. The van der Waals surface area contributed by atoms with E-state index in [0.717, 1.165) is 10.6 Å². The zero-order chi connectivity index (χ0) is 14.4. The van der Waals surface area contributed by atoms with Crippen molar-refractivity contribution in [1.29, 1.82) is 5.41 Å². The van der Waals surface area contributed by atoms with Gasteiger partial charge >= 0.3 is 0 Å². The topological polar surface area (TPSA) is 59.1 Å². The molecule has 2 aromatic carbocycles. The molecule has 3 N–H and O–H groups in total. The third-order valence-electron chi connectivity index (χ3n) is 2.90. The van der Waals surface area contributed by atoms with Gasteiger partial charge in [-0.15, -0.1) is 11.8 Å². The molecule has 0 aromatic heterocycles. The van der Waals surface area contributed by atoms with Crippen LogP contribution in [0.15, 0.2) is 59.5 Å². The van der Waals surface area contributed by atoms with Crippen LogP contribution in [0, 0.1) is 5.41 Å². The van der Waals surface area contributed by atoms with Crippen LogP contribution in [-0.2, 0) is 0 Å². The average molecular weight is 286 g/mol. The number of ether oxygens (including phenoxy) is 1. The van der Waals surface area contributed by atoms with Crippen molar-refractivity contribution in [2.45, 2.75) is 16.6 Å². The van der Waals surface area contributed by atoms with Gasteiger partial charge in [0.2, 0.25) is 0 Å². The van der Waals surface area contributed by atoms with Gasteiger partial charge in [-0.3, -0.25) is 5.41 Å². The Morgan fingerprint density at radius 1 is 1.20 bits per heavy atom. The number of hydrogen-bond donors (Lipinski definition) is 2. The van der Waals surface area contributed by atoms with Gasteiger partial charge in [-0.25, -0.2) is 0 Å². The first-order chi connectivity index (χ1) is 9.69. The van der Waals surface area contributed by atoms with Crippen LogP contribution in [-0.4, -0.2) is 12.9 Å². The molecule has 0 aliphatic carbocycles. The molecule has 0 fully saturated rings. The van der Waals surface area contributed by atoms with Crippen molar-refractivity contribution >= 4 is 17.6 Å². The number of nitrogens with two attached hydrogens (primary N) is 1. The maximum Gasteiger partial charge on any atom is 0.119 e. The van der Waals surface area contributed by atoms with Crippen molar-refractivity contribution in [1.82, 2.24) is 0 Å². The molecule has 104 valence electrons. The SMILES string of the molecule is COc1cccc(SC(CC(=N)N)c2ccccc2)c1. The van der Waals surface area contributed by atoms with E-state index in [9.17, 15) is 0 Å². The highest BCUT2D eigenvalue weighted by Gasteiger charge is 2.14. The van der Waals surface area contributed by atoms with E-state index in [1.807, 2.05) is 42.5 Å². The Morgan fingerprint density at radius 3 is 2.60 bits per heavy atom. The highest BCUT2D eigenvalue weighted by molar-refractivity contribution is 7.99. The summed E-state index contributed by atoms with van der Waals surface area (Å²) in [6.07, 6.45) is 0.534. The smallest absolute Gasteiger partial charge is 0.119 e. The van der Waals surface area contributed by atoms with Crippen molar-refractivity contribution in [3.05, 3.63) is 60.2 Å². The molecule has 0 saturated carbocycles. The average Bonchev–Trinajstić information content (AvgIpc) is 2.47. The molecule has 0 radical (unpaired) electrons. The molecular formula is C16H18N2OS. The van der Waals surface area contributed by atoms with Gasteiger partial charge in [0.15, 0.2) is 0 Å². The van der Waals surface area contributed by atoms with Crippen molar-refractivity contribution in [3.63, 3.8) is 0 Å². The standard InChI is InChI=1S/C16H18N2OS/c1-19-13-8-5-9-14(10-13)20-15(11-16(17)18)12-6-3-2-4-7-12/h2-10,15H,11H2,1H3,(H3,17,18). The second-order valence-corrected chi connectivity index (χ2v) is 5.70. The van der Waals surface area contributed by atoms with E-state index < -0.39 is 0 Å². The number of amidine groups is 1. The molecule has 0 aliphatic rings. The number of rotatable bonds is 6. The maximum atomic E-state index is 7.56. The highest BCUT2D eigenvalue weighted by atomic mass is 32.2. The zero-order valence-corrected chi connectivity index (χ0v) is 12.2. The largest absolute Gasteiger partial charge is 0.497 e. The van der Waals surface area contributed by atoms with Gasteiger partial charge < -0.3 is 10.5 Å². The Bertz CT molecular complexity index is 572. The van der Waals surface area contributed by atoms with Gasteiger partial charge in [-0.2, -0.15) is 0 Å². The van der Waals surface area contributed by atoms with Crippen LogP contribution in [0.3, 0.4) is 0 Å². The molecule has 4 heteroatoms. The molecule has 0 bridgehead atoms. The van der Waals surface area contributed by atoms with Gasteiger partial charge in [0.25, 0.3) is 0 Å². The second kappa shape index (κ2) is 7.01. The second-order valence-electron chi connectivity index (χ2n) is 4.43. The van der Waals surface area contributed by atoms with Crippen molar-refractivity contribution < 1.29 is 4.74 Å². The summed E-state index contributed by atoms with van der Waals surface area (Å²) in [6.45, 7) is 0. The molecule has 1 atom stereocenters. The Kier molecular flexibility index (Phi) is 5.07. The minimum atomic E-state index is 0.140. The predicted octanol–water partition coefficient (Wildman–Crippen LogP) is 3.85. The van der Waals surface area contributed by atoms with E-state index in [1.165, 1.54) is 5.56 Å². The molecule has 3 nitrogen and oxygen atoms in total. The van der Waals surface area contributed by atoms with E-state index >= 15 is 0 Å². The Hall–Kier alpha value is -1.94. The quantitative estimate of drug-likeness (QED) is 0.481. The Morgan fingerprint density at radius 2 is 1.95 bits per heavy atom. The summed E-state index contributed by atoms with van der Waals surface area (Å²) >= 11 is 1.70. The molecule has 2 rings (SSSR count). The summed E-state index contributed by atoms with van der Waals surface area (Å²) in [5.74, 6) is 1.04. The number of hydrogen-bond acceptors (Lipinski definition) is 3. The minimum Gasteiger partial charge on any atom is -0.497 e. The van der Waals surface area contributed by atoms with E-state index in [4.69, 9.17) is 15.9 Å². The Balaban J connectivity index is 2.21. The molecular weight excluding hydrogens is 268 g/mol. The number of nitrogens with one attached hydrogen (secondary N) is 1. The van der Waals surface area contributed by atoms with E-state index in [1.54, 1.807) is 18.9 Å². The van der Waals surface area contributed by atoms with Crippen LogP contribution < -0.4 is 10.5 Å². The lowest BCUT2D eigenvalue weighted by Crippen LogP contribution is -2.13. The van der Waals surface area contributed by atoms with Gasteiger partial charge in [0.1, 0.15) is 5.75 Å². The molecule has 0 saturated heterocycles. The molecule has 0 aliphatic heterocycles. The van der Waals surface area contributed by atoms with Crippen LogP contribution in [0.25, 0.3) is 0 Å². The fraction of sp³-hybridized carbons (Fsp3) is 0.188. The summed E-state index contributed by atoms with van der Waals surface area (Å²) in [4.78, 5) is 1.11. The summed E-state index contributed by atoms with van der Waals surface area (Å²) in [6, 6.07) is 18.1. The number of methoxy groups -OCH3 is 1. The van der Waals surface area contributed by atoms with Gasteiger partial charge in [0.05, 0.1) is 12.9 Å². The number of benzene rings is 2. The molecule has 1 unspecified atom stereocenters. The van der Waals surface area contributed by atoms with Gasteiger partial charge in [-0.1, -0.05) is 36.4 Å². The van der Waals surface area contributed by atoms with Crippen LogP contribution in [0.4, 0.5) is 0 Å².